The van der Waals surface area contributed by atoms with E-state index < -0.39 is 0 Å². The van der Waals surface area contributed by atoms with Gasteiger partial charge >= 0.3 is 0 Å². The van der Waals surface area contributed by atoms with E-state index in [2.05, 4.69) is 20.4 Å². The minimum atomic E-state index is -0.259. The highest BCUT2D eigenvalue weighted by molar-refractivity contribution is 7.14. The summed E-state index contributed by atoms with van der Waals surface area (Å²) in [6.45, 7) is 8.55. The molecule has 0 saturated heterocycles. The molecule has 0 aliphatic rings. The van der Waals surface area contributed by atoms with Crippen molar-refractivity contribution >= 4 is 28.1 Å². The summed E-state index contributed by atoms with van der Waals surface area (Å²) >= 11 is 1.40. The van der Waals surface area contributed by atoms with Crippen molar-refractivity contribution in [2.45, 2.75) is 20.3 Å². The molecule has 30 heavy (non-hydrogen) atoms. The van der Waals surface area contributed by atoms with Crippen LogP contribution in [0.15, 0.2) is 66.6 Å². The molecular formula is C24H26N2O3S. The number of carbonyl (C=O) groups excluding carboxylic acids is 1. The second kappa shape index (κ2) is 10.1. The Bertz CT molecular complexity index is 996. The van der Waals surface area contributed by atoms with Crippen molar-refractivity contribution < 1.29 is 14.3 Å². The predicted molar refractivity (Wildman–Crippen MR) is 123 cm³/mol. The van der Waals surface area contributed by atoms with Gasteiger partial charge < -0.3 is 9.47 Å². The van der Waals surface area contributed by atoms with Crippen LogP contribution in [0.25, 0.3) is 11.3 Å². The first-order valence-electron chi connectivity index (χ1n) is 9.81. The van der Waals surface area contributed by atoms with Gasteiger partial charge in [0.1, 0.15) is 11.5 Å². The summed E-state index contributed by atoms with van der Waals surface area (Å²) in [6, 6.07) is 15.2. The molecule has 0 unspecified atom stereocenters. The number of nitrogens with zero attached hydrogens (tertiary/aromatic N) is 2. The molecule has 0 spiro atoms. The average Bonchev–Trinajstić information content (AvgIpc) is 3.24. The number of amides is 1. The van der Waals surface area contributed by atoms with Crippen LogP contribution in [0.4, 0.5) is 10.8 Å². The van der Waals surface area contributed by atoms with Gasteiger partial charge in [0.15, 0.2) is 5.13 Å². The van der Waals surface area contributed by atoms with E-state index in [1.807, 2.05) is 53.9 Å². The molecule has 1 amide bonds. The van der Waals surface area contributed by atoms with E-state index in [9.17, 15) is 4.79 Å². The van der Waals surface area contributed by atoms with Crippen molar-refractivity contribution in [3.05, 3.63) is 66.6 Å². The lowest BCUT2D eigenvalue weighted by Crippen LogP contribution is -2.24. The second-order valence-electron chi connectivity index (χ2n) is 7.12. The van der Waals surface area contributed by atoms with Gasteiger partial charge in [-0.3, -0.25) is 4.79 Å². The van der Waals surface area contributed by atoms with Gasteiger partial charge in [0, 0.05) is 10.9 Å². The highest BCUT2D eigenvalue weighted by atomic mass is 32.1. The van der Waals surface area contributed by atoms with Crippen LogP contribution < -0.4 is 14.4 Å². The Morgan fingerprint density at radius 1 is 1.20 bits per heavy atom. The number of benzene rings is 2. The number of aromatic nitrogens is 1. The van der Waals surface area contributed by atoms with E-state index in [0.29, 0.717) is 29.1 Å². The Morgan fingerprint density at radius 2 is 1.93 bits per heavy atom. The summed E-state index contributed by atoms with van der Waals surface area (Å²) in [5.41, 5.74) is 2.39. The predicted octanol–water partition coefficient (Wildman–Crippen LogP) is 6.09. The standard InChI is InChI=1S/C24H26N2O3S/c1-5-23(27)26(21-8-6-7-9-22(21)29-15-14-17(2)3)24-25-20(16-30-24)18-10-12-19(28-4)13-11-18/h5-13,16-17H,1,14-15H2,2-4H3. The largest absolute Gasteiger partial charge is 0.497 e. The molecule has 6 heteroatoms. The summed E-state index contributed by atoms with van der Waals surface area (Å²) in [5.74, 6) is 1.71. The third kappa shape index (κ3) is 5.07. The van der Waals surface area contributed by atoms with Crippen molar-refractivity contribution in [3.8, 4) is 22.8 Å². The Kier molecular flexibility index (Phi) is 7.25. The lowest BCUT2D eigenvalue weighted by atomic mass is 10.1. The molecule has 3 rings (SSSR count). The lowest BCUT2D eigenvalue weighted by Gasteiger charge is -2.21. The van der Waals surface area contributed by atoms with Crippen LogP contribution >= 0.6 is 11.3 Å². The quantitative estimate of drug-likeness (QED) is 0.391. The fourth-order valence-corrected chi connectivity index (χ4v) is 3.69. The second-order valence-corrected chi connectivity index (χ2v) is 7.96. The normalized spacial score (nSPS) is 10.7. The average molecular weight is 423 g/mol. The smallest absolute Gasteiger partial charge is 0.256 e. The number of anilines is 2. The fourth-order valence-electron chi connectivity index (χ4n) is 2.84. The summed E-state index contributed by atoms with van der Waals surface area (Å²) in [7, 11) is 1.63. The number of methoxy groups -OCH3 is 1. The van der Waals surface area contributed by atoms with E-state index in [1.165, 1.54) is 17.4 Å². The molecule has 0 bridgehead atoms. The van der Waals surface area contributed by atoms with Crippen LogP contribution in [0.2, 0.25) is 0 Å². The van der Waals surface area contributed by atoms with Gasteiger partial charge in [-0.05, 0) is 54.8 Å². The lowest BCUT2D eigenvalue weighted by molar-refractivity contribution is -0.113. The number of para-hydroxylation sites is 2. The number of thiazole rings is 1. The minimum Gasteiger partial charge on any atom is -0.497 e. The van der Waals surface area contributed by atoms with E-state index in [0.717, 1.165) is 23.4 Å². The summed E-state index contributed by atoms with van der Waals surface area (Å²) in [4.78, 5) is 19.0. The first-order valence-corrected chi connectivity index (χ1v) is 10.7. The van der Waals surface area contributed by atoms with Crippen LogP contribution in [-0.4, -0.2) is 24.6 Å². The Labute approximate surface area is 181 Å². The van der Waals surface area contributed by atoms with Gasteiger partial charge in [-0.15, -0.1) is 11.3 Å². The maximum Gasteiger partial charge on any atom is 0.256 e. The fraction of sp³-hybridized carbons (Fsp3) is 0.250. The Balaban J connectivity index is 1.93. The molecule has 2 aromatic carbocycles. The van der Waals surface area contributed by atoms with E-state index >= 15 is 0 Å². The molecule has 0 N–H and O–H groups in total. The number of rotatable bonds is 9. The van der Waals surface area contributed by atoms with Crippen molar-refractivity contribution in [2.75, 3.05) is 18.6 Å². The van der Waals surface area contributed by atoms with E-state index in [1.54, 1.807) is 12.0 Å². The maximum absolute atomic E-state index is 12.8. The Hall–Kier alpha value is -3.12. The SMILES string of the molecule is C=CC(=O)N(c1nc(-c2ccc(OC)cc2)cs1)c1ccccc1OCCC(C)C. The highest BCUT2D eigenvalue weighted by Gasteiger charge is 2.23. The molecule has 0 saturated carbocycles. The zero-order valence-electron chi connectivity index (χ0n) is 17.5. The number of ether oxygens (including phenoxy) is 2. The summed E-state index contributed by atoms with van der Waals surface area (Å²) < 4.78 is 11.2. The summed E-state index contributed by atoms with van der Waals surface area (Å²) in [5, 5.41) is 2.49. The molecular weight excluding hydrogens is 396 g/mol. The van der Waals surface area contributed by atoms with Crippen molar-refractivity contribution in [3.63, 3.8) is 0 Å². The van der Waals surface area contributed by atoms with Crippen LogP contribution in [0.1, 0.15) is 20.3 Å². The van der Waals surface area contributed by atoms with Gasteiger partial charge in [-0.25, -0.2) is 9.88 Å². The Morgan fingerprint density at radius 3 is 2.60 bits per heavy atom. The zero-order chi connectivity index (χ0) is 21.5. The topological polar surface area (TPSA) is 51.7 Å². The van der Waals surface area contributed by atoms with Gasteiger partial charge in [0.25, 0.3) is 5.91 Å². The van der Waals surface area contributed by atoms with E-state index in [-0.39, 0.29) is 5.91 Å². The molecule has 1 heterocycles. The van der Waals surface area contributed by atoms with Crippen molar-refractivity contribution in [2.24, 2.45) is 5.92 Å². The monoisotopic (exact) mass is 422 g/mol. The molecule has 0 atom stereocenters. The molecule has 156 valence electrons. The van der Waals surface area contributed by atoms with Crippen molar-refractivity contribution in [1.29, 1.82) is 0 Å². The van der Waals surface area contributed by atoms with Crippen LogP contribution in [0, 0.1) is 5.92 Å². The van der Waals surface area contributed by atoms with Crippen LogP contribution in [0.3, 0.4) is 0 Å². The first kappa shape index (κ1) is 21.6. The molecule has 0 aliphatic carbocycles. The highest BCUT2D eigenvalue weighted by Crippen LogP contribution is 2.37. The van der Waals surface area contributed by atoms with E-state index in [4.69, 9.17) is 14.5 Å². The minimum absolute atomic E-state index is 0.259. The third-order valence-electron chi connectivity index (χ3n) is 4.52. The van der Waals surface area contributed by atoms with Gasteiger partial charge in [-0.2, -0.15) is 0 Å². The van der Waals surface area contributed by atoms with Crippen LogP contribution in [-0.2, 0) is 4.79 Å². The molecule has 3 aromatic rings. The summed E-state index contributed by atoms with van der Waals surface area (Å²) in [6.07, 6.45) is 2.22. The molecule has 5 nitrogen and oxygen atoms in total. The molecule has 0 fully saturated rings. The number of hydrogen-bond donors (Lipinski definition) is 0. The number of hydrogen-bond acceptors (Lipinski definition) is 5. The van der Waals surface area contributed by atoms with Gasteiger partial charge in [0.2, 0.25) is 0 Å². The maximum atomic E-state index is 12.8. The van der Waals surface area contributed by atoms with Gasteiger partial charge in [-0.1, -0.05) is 32.6 Å². The molecule has 1 aromatic heterocycles. The molecule has 0 radical (unpaired) electrons. The molecule has 0 aliphatic heterocycles. The third-order valence-corrected chi connectivity index (χ3v) is 5.35. The van der Waals surface area contributed by atoms with Crippen molar-refractivity contribution in [1.82, 2.24) is 4.98 Å². The first-order chi connectivity index (χ1) is 14.5. The van der Waals surface area contributed by atoms with Gasteiger partial charge in [0.05, 0.1) is 25.1 Å². The zero-order valence-corrected chi connectivity index (χ0v) is 18.3. The number of carbonyl (C=O) groups is 1. The van der Waals surface area contributed by atoms with Crippen LogP contribution in [0.5, 0.6) is 11.5 Å².